The third-order valence-electron chi connectivity index (χ3n) is 3.90. The molecule has 0 aromatic carbocycles. The number of carbonyl (C=O) groups excluding carboxylic acids is 1. The van der Waals surface area contributed by atoms with Crippen molar-refractivity contribution in [1.29, 1.82) is 0 Å². The van der Waals surface area contributed by atoms with Crippen molar-refractivity contribution >= 4 is 5.91 Å². The molecule has 2 rings (SSSR count). The first-order valence-corrected chi connectivity index (χ1v) is 6.93. The molecule has 1 aliphatic heterocycles. The van der Waals surface area contributed by atoms with E-state index in [1.807, 2.05) is 7.05 Å². The zero-order chi connectivity index (χ0) is 12.1. The van der Waals surface area contributed by atoms with E-state index in [-0.39, 0.29) is 0 Å². The van der Waals surface area contributed by atoms with Crippen LogP contribution in [0.25, 0.3) is 0 Å². The number of likely N-dealkylation sites (N-methyl/N-ethyl adjacent to an activating group) is 1. The van der Waals surface area contributed by atoms with E-state index in [4.69, 9.17) is 0 Å². The Morgan fingerprint density at radius 2 is 2.35 bits per heavy atom. The number of nitrogens with zero attached hydrogens (tertiary/aromatic N) is 1. The van der Waals surface area contributed by atoms with Gasteiger partial charge < -0.3 is 10.2 Å². The molecule has 1 aliphatic carbocycles. The molecule has 0 aromatic heterocycles. The third kappa shape index (κ3) is 3.32. The van der Waals surface area contributed by atoms with Crippen molar-refractivity contribution in [2.24, 2.45) is 0 Å². The molecule has 0 radical (unpaired) electrons. The lowest BCUT2D eigenvalue weighted by molar-refractivity contribution is -0.131. The Hall–Kier alpha value is -0.830. The SMILES string of the molecule is CNCC1CCCN1C(=O)CC1=CCCCC1. The molecular weight excluding hydrogens is 212 g/mol. The molecular formula is C14H24N2O. The molecule has 0 bridgehead atoms. The van der Waals surface area contributed by atoms with Gasteiger partial charge >= 0.3 is 0 Å². The highest BCUT2D eigenvalue weighted by Gasteiger charge is 2.28. The summed E-state index contributed by atoms with van der Waals surface area (Å²) in [5.74, 6) is 0.343. The number of nitrogens with one attached hydrogen (secondary N) is 1. The standard InChI is InChI=1S/C14H24N2O/c1-15-11-13-8-5-9-16(13)14(17)10-12-6-3-2-4-7-12/h6,13,15H,2-5,7-11H2,1H3. The van der Waals surface area contributed by atoms with Crippen LogP contribution >= 0.6 is 0 Å². The second-order valence-electron chi connectivity index (χ2n) is 5.23. The number of hydrogen-bond acceptors (Lipinski definition) is 2. The van der Waals surface area contributed by atoms with Gasteiger partial charge in [0.1, 0.15) is 0 Å². The molecule has 1 saturated heterocycles. The summed E-state index contributed by atoms with van der Waals surface area (Å²) in [5.41, 5.74) is 1.37. The Morgan fingerprint density at radius 1 is 1.47 bits per heavy atom. The summed E-state index contributed by atoms with van der Waals surface area (Å²) >= 11 is 0. The van der Waals surface area contributed by atoms with Crippen LogP contribution in [0.2, 0.25) is 0 Å². The topological polar surface area (TPSA) is 32.3 Å². The second-order valence-corrected chi connectivity index (χ2v) is 5.23. The minimum Gasteiger partial charge on any atom is -0.338 e. The molecule has 1 amide bonds. The van der Waals surface area contributed by atoms with Crippen LogP contribution in [-0.4, -0.2) is 37.0 Å². The Labute approximate surface area is 104 Å². The molecule has 1 atom stereocenters. The summed E-state index contributed by atoms with van der Waals surface area (Å²) in [6.07, 6.45) is 10.1. The summed E-state index contributed by atoms with van der Waals surface area (Å²) in [7, 11) is 1.96. The minimum atomic E-state index is 0.343. The lowest BCUT2D eigenvalue weighted by Crippen LogP contribution is -2.40. The zero-order valence-corrected chi connectivity index (χ0v) is 10.9. The minimum absolute atomic E-state index is 0.343. The average molecular weight is 236 g/mol. The molecule has 3 nitrogen and oxygen atoms in total. The summed E-state index contributed by atoms with van der Waals surface area (Å²) in [4.78, 5) is 14.3. The van der Waals surface area contributed by atoms with Crippen LogP contribution in [0.5, 0.6) is 0 Å². The summed E-state index contributed by atoms with van der Waals surface area (Å²) < 4.78 is 0. The number of amides is 1. The van der Waals surface area contributed by atoms with Gasteiger partial charge in [-0.1, -0.05) is 11.6 Å². The molecule has 0 aromatic rings. The van der Waals surface area contributed by atoms with Gasteiger partial charge in [0, 0.05) is 25.6 Å². The van der Waals surface area contributed by atoms with Crippen molar-refractivity contribution in [3.05, 3.63) is 11.6 Å². The normalized spacial score (nSPS) is 24.9. The fourth-order valence-corrected chi connectivity index (χ4v) is 2.97. The molecule has 1 N–H and O–H groups in total. The smallest absolute Gasteiger partial charge is 0.226 e. The van der Waals surface area contributed by atoms with Gasteiger partial charge in [-0.25, -0.2) is 0 Å². The van der Waals surface area contributed by atoms with Gasteiger partial charge in [0.2, 0.25) is 5.91 Å². The summed E-state index contributed by atoms with van der Waals surface area (Å²) in [5, 5.41) is 3.19. The van der Waals surface area contributed by atoms with Crippen LogP contribution in [0.15, 0.2) is 11.6 Å². The molecule has 1 unspecified atom stereocenters. The maximum absolute atomic E-state index is 12.3. The van der Waals surface area contributed by atoms with E-state index in [0.717, 1.165) is 32.4 Å². The van der Waals surface area contributed by atoms with Crippen molar-refractivity contribution in [3.8, 4) is 0 Å². The first-order chi connectivity index (χ1) is 8.31. The number of rotatable bonds is 4. The Bertz CT molecular complexity index is 299. The van der Waals surface area contributed by atoms with E-state index in [2.05, 4.69) is 16.3 Å². The first-order valence-electron chi connectivity index (χ1n) is 6.93. The van der Waals surface area contributed by atoms with E-state index < -0.39 is 0 Å². The number of likely N-dealkylation sites (tertiary alicyclic amines) is 1. The molecule has 1 heterocycles. The maximum Gasteiger partial charge on any atom is 0.226 e. The van der Waals surface area contributed by atoms with E-state index in [9.17, 15) is 4.79 Å². The molecule has 96 valence electrons. The predicted molar refractivity (Wildman–Crippen MR) is 69.8 cm³/mol. The van der Waals surface area contributed by atoms with Gasteiger partial charge in [-0.05, 0) is 45.6 Å². The lowest BCUT2D eigenvalue weighted by atomic mass is 9.97. The van der Waals surface area contributed by atoms with Crippen molar-refractivity contribution < 1.29 is 4.79 Å². The van der Waals surface area contributed by atoms with Crippen LogP contribution in [0.1, 0.15) is 44.9 Å². The molecule has 17 heavy (non-hydrogen) atoms. The zero-order valence-electron chi connectivity index (χ0n) is 10.9. The van der Waals surface area contributed by atoms with Crippen LogP contribution < -0.4 is 5.32 Å². The van der Waals surface area contributed by atoms with Crippen molar-refractivity contribution in [1.82, 2.24) is 10.2 Å². The number of allylic oxidation sites excluding steroid dienone is 1. The average Bonchev–Trinajstić information content (AvgIpc) is 2.79. The second kappa shape index (κ2) is 6.20. The van der Waals surface area contributed by atoms with Gasteiger partial charge in [0.25, 0.3) is 0 Å². The first kappa shape index (κ1) is 12.6. The molecule has 0 saturated carbocycles. The van der Waals surface area contributed by atoms with Crippen LogP contribution in [0.4, 0.5) is 0 Å². The van der Waals surface area contributed by atoms with E-state index in [0.29, 0.717) is 18.4 Å². The molecule has 0 spiro atoms. The quantitative estimate of drug-likeness (QED) is 0.758. The van der Waals surface area contributed by atoms with Crippen LogP contribution in [-0.2, 0) is 4.79 Å². The maximum atomic E-state index is 12.3. The lowest BCUT2D eigenvalue weighted by Gasteiger charge is -2.25. The highest BCUT2D eigenvalue weighted by atomic mass is 16.2. The van der Waals surface area contributed by atoms with Crippen LogP contribution in [0.3, 0.4) is 0 Å². The third-order valence-corrected chi connectivity index (χ3v) is 3.90. The predicted octanol–water partition coefficient (Wildman–Crippen LogP) is 2.09. The highest BCUT2D eigenvalue weighted by molar-refractivity contribution is 5.79. The fourth-order valence-electron chi connectivity index (χ4n) is 2.97. The molecule has 3 heteroatoms. The van der Waals surface area contributed by atoms with E-state index in [1.165, 1.54) is 24.8 Å². The Kier molecular flexibility index (Phi) is 4.60. The van der Waals surface area contributed by atoms with Crippen molar-refractivity contribution in [2.75, 3.05) is 20.1 Å². The fraction of sp³-hybridized carbons (Fsp3) is 0.786. The number of hydrogen-bond donors (Lipinski definition) is 1. The largest absolute Gasteiger partial charge is 0.338 e. The summed E-state index contributed by atoms with van der Waals surface area (Å²) in [6, 6.07) is 0.427. The Balaban J connectivity index is 1.88. The molecule has 1 fully saturated rings. The number of carbonyl (C=O) groups is 1. The molecule has 2 aliphatic rings. The van der Waals surface area contributed by atoms with Gasteiger partial charge in [0.15, 0.2) is 0 Å². The van der Waals surface area contributed by atoms with E-state index >= 15 is 0 Å². The van der Waals surface area contributed by atoms with Crippen molar-refractivity contribution in [3.63, 3.8) is 0 Å². The van der Waals surface area contributed by atoms with Gasteiger partial charge in [-0.3, -0.25) is 4.79 Å². The van der Waals surface area contributed by atoms with Gasteiger partial charge in [0.05, 0.1) is 0 Å². The summed E-state index contributed by atoms with van der Waals surface area (Å²) in [6.45, 7) is 1.89. The highest BCUT2D eigenvalue weighted by Crippen LogP contribution is 2.23. The Morgan fingerprint density at radius 3 is 3.06 bits per heavy atom. The monoisotopic (exact) mass is 236 g/mol. The van der Waals surface area contributed by atoms with Crippen LogP contribution in [0, 0.1) is 0 Å². The van der Waals surface area contributed by atoms with E-state index in [1.54, 1.807) is 0 Å². The van der Waals surface area contributed by atoms with Gasteiger partial charge in [-0.2, -0.15) is 0 Å². The van der Waals surface area contributed by atoms with Crippen molar-refractivity contribution in [2.45, 2.75) is 51.0 Å². The van der Waals surface area contributed by atoms with Gasteiger partial charge in [-0.15, -0.1) is 0 Å².